The van der Waals surface area contributed by atoms with E-state index < -0.39 is 11.8 Å². The van der Waals surface area contributed by atoms with Crippen LogP contribution in [-0.2, 0) is 6.54 Å². The van der Waals surface area contributed by atoms with Crippen LogP contribution in [0.15, 0.2) is 24.7 Å². The normalized spacial score (nSPS) is 11.0. The molecule has 0 radical (unpaired) electrons. The van der Waals surface area contributed by atoms with Crippen LogP contribution >= 0.6 is 0 Å². The van der Waals surface area contributed by atoms with Gasteiger partial charge in [0.2, 0.25) is 0 Å². The molecule has 0 unspecified atom stereocenters. The minimum absolute atomic E-state index is 0.0566. The molecule has 0 aliphatic carbocycles. The Hall–Kier alpha value is -2.24. The van der Waals surface area contributed by atoms with E-state index in [1.165, 1.54) is 18.5 Å². The highest BCUT2D eigenvalue weighted by Gasteiger charge is 2.17. The summed E-state index contributed by atoms with van der Waals surface area (Å²) in [6.07, 6.45) is 4.84. The van der Waals surface area contributed by atoms with Gasteiger partial charge in [0.25, 0.3) is 0 Å². The number of hydrogen-bond acceptors (Lipinski definition) is 3. The summed E-state index contributed by atoms with van der Waals surface area (Å²) >= 11 is 0. The number of halogens is 1. The zero-order chi connectivity index (χ0) is 14.7. The van der Waals surface area contributed by atoms with Crippen molar-refractivity contribution in [1.29, 1.82) is 0 Å². The largest absolute Gasteiger partial charge is 0.478 e. The number of aryl methyl sites for hydroxylation is 1. The molecule has 2 aromatic rings. The summed E-state index contributed by atoms with van der Waals surface area (Å²) in [4.78, 5) is 15.0. The van der Waals surface area contributed by atoms with Crippen LogP contribution in [0.2, 0.25) is 0 Å². The standard InChI is InChI=1S/C14H16FN3O2/c1-9(2)3-4-18-8-12(14(19)20)13(17-18)10-5-11(15)7-16-6-10/h5-9H,3-4H2,1-2H3,(H,19,20). The number of rotatable bonds is 5. The average molecular weight is 277 g/mol. The van der Waals surface area contributed by atoms with Gasteiger partial charge in [0.15, 0.2) is 0 Å². The molecule has 20 heavy (non-hydrogen) atoms. The van der Waals surface area contributed by atoms with Crippen LogP contribution in [0.4, 0.5) is 4.39 Å². The van der Waals surface area contributed by atoms with Crippen molar-refractivity contribution in [2.24, 2.45) is 5.92 Å². The maximum Gasteiger partial charge on any atom is 0.339 e. The number of nitrogens with zero attached hydrogens (tertiary/aromatic N) is 3. The van der Waals surface area contributed by atoms with Crippen molar-refractivity contribution >= 4 is 5.97 Å². The zero-order valence-electron chi connectivity index (χ0n) is 11.4. The summed E-state index contributed by atoms with van der Waals surface area (Å²) < 4.78 is 14.8. The van der Waals surface area contributed by atoms with Crippen molar-refractivity contribution in [2.75, 3.05) is 0 Å². The van der Waals surface area contributed by atoms with E-state index in [-0.39, 0.29) is 11.3 Å². The lowest BCUT2D eigenvalue weighted by Gasteiger charge is -2.04. The minimum Gasteiger partial charge on any atom is -0.478 e. The summed E-state index contributed by atoms with van der Waals surface area (Å²) in [5.41, 5.74) is 0.667. The maximum atomic E-state index is 13.2. The monoisotopic (exact) mass is 277 g/mol. The molecule has 5 nitrogen and oxygen atoms in total. The number of pyridine rings is 1. The molecule has 0 aromatic carbocycles. The Bertz CT molecular complexity index is 623. The number of aromatic nitrogens is 3. The second-order valence-corrected chi connectivity index (χ2v) is 5.03. The van der Waals surface area contributed by atoms with Crippen molar-refractivity contribution in [2.45, 2.75) is 26.8 Å². The first-order chi connectivity index (χ1) is 9.47. The molecule has 0 aliphatic rings. The molecule has 2 heterocycles. The lowest BCUT2D eigenvalue weighted by atomic mass is 10.1. The van der Waals surface area contributed by atoms with Crippen LogP contribution in [0.5, 0.6) is 0 Å². The van der Waals surface area contributed by atoms with Gasteiger partial charge >= 0.3 is 5.97 Å². The highest BCUT2D eigenvalue weighted by atomic mass is 19.1. The number of aromatic carboxylic acids is 1. The van der Waals surface area contributed by atoms with Crippen LogP contribution in [0.3, 0.4) is 0 Å². The molecule has 0 saturated heterocycles. The topological polar surface area (TPSA) is 68.0 Å². The molecule has 1 N–H and O–H groups in total. The highest BCUT2D eigenvalue weighted by Crippen LogP contribution is 2.22. The molecule has 2 rings (SSSR count). The first-order valence-corrected chi connectivity index (χ1v) is 6.39. The number of carboxylic acid groups (broad SMARTS) is 1. The lowest BCUT2D eigenvalue weighted by molar-refractivity contribution is 0.0697. The van der Waals surface area contributed by atoms with E-state index in [0.717, 1.165) is 12.6 Å². The zero-order valence-corrected chi connectivity index (χ0v) is 11.4. The molecule has 0 aliphatic heterocycles. The molecule has 0 amide bonds. The number of hydrogen-bond donors (Lipinski definition) is 1. The molecule has 2 aromatic heterocycles. The number of carboxylic acids is 1. The van der Waals surface area contributed by atoms with E-state index in [4.69, 9.17) is 0 Å². The van der Waals surface area contributed by atoms with Gasteiger partial charge in [-0.1, -0.05) is 13.8 Å². The summed E-state index contributed by atoms with van der Waals surface area (Å²) in [6.45, 7) is 4.79. The van der Waals surface area contributed by atoms with Crippen LogP contribution < -0.4 is 0 Å². The van der Waals surface area contributed by atoms with Crippen LogP contribution in [0, 0.1) is 11.7 Å². The third-order valence-electron chi connectivity index (χ3n) is 2.91. The maximum absolute atomic E-state index is 13.2. The second-order valence-electron chi connectivity index (χ2n) is 5.03. The molecule has 0 fully saturated rings. The van der Waals surface area contributed by atoms with E-state index in [0.29, 0.717) is 18.0 Å². The van der Waals surface area contributed by atoms with Gasteiger partial charge in [0.1, 0.15) is 17.1 Å². The molecular formula is C14H16FN3O2. The van der Waals surface area contributed by atoms with Gasteiger partial charge in [-0.25, -0.2) is 9.18 Å². The van der Waals surface area contributed by atoms with Crippen molar-refractivity contribution < 1.29 is 14.3 Å². The molecular weight excluding hydrogens is 261 g/mol. The van der Waals surface area contributed by atoms with E-state index in [9.17, 15) is 14.3 Å². The van der Waals surface area contributed by atoms with Gasteiger partial charge in [0, 0.05) is 24.5 Å². The van der Waals surface area contributed by atoms with Crippen LogP contribution in [-0.4, -0.2) is 25.8 Å². The molecule has 0 bridgehead atoms. The average Bonchev–Trinajstić information content (AvgIpc) is 2.80. The molecule has 106 valence electrons. The van der Waals surface area contributed by atoms with Gasteiger partial charge < -0.3 is 5.11 Å². The van der Waals surface area contributed by atoms with E-state index >= 15 is 0 Å². The third kappa shape index (κ3) is 3.20. The second kappa shape index (κ2) is 5.81. The predicted octanol–water partition coefficient (Wildman–Crippen LogP) is 2.83. The predicted molar refractivity (Wildman–Crippen MR) is 71.8 cm³/mol. The van der Waals surface area contributed by atoms with Gasteiger partial charge in [-0.2, -0.15) is 5.10 Å². The highest BCUT2D eigenvalue weighted by molar-refractivity contribution is 5.94. The Kier molecular flexibility index (Phi) is 4.12. The fourth-order valence-electron chi connectivity index (χ4n) is 1.84. The summed E-state index contributed by atoms with van der Waals surface area (Å²) in [5.74, 6) is -1.11. The van der Waals surface area contributed by atoms with Crippen LogP contribution in [0.1, 0.15) is 30.6 Å². The SMILES string of the molecule is CC(C)CCn1cc(C(=O)O)c(-c2cncc(F)c2)n1. The van der Waals surface area contributed by atoms with Crippen molar-refractivity contribution in [1.82, 2.24) is 14.8 Å². The van der Waals surface area contributed by atoms with Gasteiger partial charge in [-0.15, -0.1) is 0 Å². The summed E-state index contributed by atoms with van der Waals surface area (Å²) in [7, 11) is 0. The van der Waals surface area contributed by atoms with Crippen LogP contribution in [0.25, 0.3) is 11.3 Å². The van der Waals surface area contributed by atoms with Gasteiger partial charge in [-0.3, -0.25) is 9.67 Å². The minimum atomic E-state index is -1.08. The van der Waals surface area contributed by atoms with Crippen molar-refractivity contribution in [3.05, 3.63) is 36.0 Å². The Morgan fingerprint density at radius 2 is 2.20 bits per heavy atom. The van der Waals surface area contributed by atoms with E-state index in [2.05, 4.69) is 23.9 Å². The molecule has 0 spiro atoms. The number of carbonyl (C=O) groups is 1. The molecule has 6 heteroatoms. The smallest absolute Gasteiger partial charge is 0.339 e. The lowest BCUT2D eigenvalue weighted by Crippen LogP contribution is -2.02. The Labute approximate surface area is 116 Å². The van der Waals surface area contributed by atoms with Crippen molar-refractivity contribution in [3.8, 4) is 11.3 Å². The quantitative estimate of drug-likeness (QED) is 0.912. The van der Waals surface area contributed by atoms with E-state index in [1.807, 2.05) is 0 Å². The Morgan fingerprint density at radius 1 is 1.45 bits per heavy atom. The first-order valence-electron chi connectivity index (χ1n) is 6.39. The summed E-state index contributed by atoms with van der Waals surface area (Å²) in [5, 5.41) is 13.5. The fraction of sp³-hybridized carbons (Fsp3) is 0.357. The molecule has 0 atom stereocenters. The Balaban J connectivity index is 2.38. The third-order valence-corrected chi connectivity index (χ3v) is 2.91. The van der Waals surface area contributed by atoms with Gasteiger partial charge in [0.05, 0.1) is 6.20 Å². The van der Waals surface area contributed by atoms with Gasteiger partial charge in [-0.05, 0) is 18.4 Å². The first kappa shape index (κ1) is 14.2. The van der Waals surface area contributed by atoms with E-state index in [1.54, 1.807) is 4.68 Å². The Morgan fingerprint density at radius 3 is 2.80 bits per heavy atom. The molecule has 0 saturated carbocycles. The summed E-state index contributed by atoms with van der Waals surface area (Å²) in [6, 6.07) is 1.23. The van der Waals surface area contributed by atoms with Crippen molar-refractivity contribution in [3.63, 3.8) is 0 Å². The fourth-order valence-corrected chi connectivity index (χ4v) is 1.84.